The van der Waals surface area contributed by atoms with Crippen molar-refractivity contribution in [1.82, 2.24) is 4.31 Å². The average molecular weight is 376 g/mol. The highest BCUT2D eigenvalue weighted by molar-refractivity contribution is 7.89. The Morgan fingerprint density at radius 3 is 2.42 bits per heavy atom. The maximum Gasteiger partial charge on any atom is 0.326 e. The van der Waals surface area contributed by atoms with Gasteiger partial charge in [0, 0.05) is 12.1 Å². The molecular formula is C17H16N2O6S. The number of esters is 1. The van der Waals surface area contributed by atoms with Gasteiger partial charge in [-0.2, -0.15) is 4.31 Å². The number of ether oxygens (including phenoxy) is 1. The third-order valence-corrected chi connectivity index (χ3v) is 6.10. The van der Waals surface area contributed by atoms with Crippen LogP contribution in [0.4, 0.5) is 5.69 Å². The Hall–Kier alpha value is -2.78. The van der Waals surface area contributed by atoms with Crippen molar-refractivity contribution in [1.29, 1.82) is 0 Å². The van der Waals surface area contributed by atoms with Gasteiger partial charge in [-0.3, -0.25) is 14.9 Å². The molecule has 2 aromatic carbocycles. The molecule has 0 aromatic heterocycles. The predicted octanol–water partition coefficient (Wildman–Crippen LogP) is 2.19. The number of carbonyl (C=O) groups excluding carboxylic acids is 1. The Bertz CT molecular complexity index is 971. The maximum atomic E-state index is 12.9. The molecule has 136 valence electrons. The van der Waals surface area contributed by atoms with Gasteiger partial charge in [0.25, 0.3) is 5.69 Å². The van der Waals surface area contributed by atoms with Gasteiger partial charge in [-0.25, -0.2) is 8.42 Å². The quantitative estimate of drug-likeness (QED) is 0.343. The van der Waals surface area contributed by atoms with Gasteiger partial charge in [0.2, 0.25) is 10.0 Å². The van der Waals surface area contributed by atoms with Crippen LogP contribution in [0.25, 0.3) is 0 Å². The van der Waals surface area contributed by atoms with Crippen molar-refractivity contribution in [3.63, 3.8) is 0 Å². The van der Waals surface area contributed by atoms with E-state index in [0.717, 1.165) is 9.87 Å². The Morgan fingerprint density at radius 2 is 1.85 bits per heavy atom. The number of sulfonamides is 1. The van der Waals surface area contributed by atoms with Crippen LogP contribution >= 0.6 is 0 Å². The van der Waals surface area contributed by atoms with Gasteiger partial charge < -0.3 is 4.74 Å². The zero-order valence-corrected chi connectivity index (χ0v) is 14.8. The number of rotatable bonds is 5. The second-order valence-electron chi connectivity index (χ2n) is 5.91. The van der Waals surface area contributed by atoms with Crippen LogP contribution in [0, 0.1) is 17.0 Å². The number of carbonyl (C=O) groups is 1. The van der Waals surface area contributed by atoms with E-state index in [2.05, 4.69) is 0 Å². The van der Waals surface area contributed by atoms with Gasteiger partial charge in [-0.15, -0.1) is 0 Å². The summed E-state index contributed by atoms with van der Waals surface area (Å²) >= 11 is 0. The summed E-state index contributed by atoms with van der Waals surface area (Å²) in [5, 5.41) is 11.0. The van der Waals surface area contributed by atoms with Crippen LogP contribution < -0.4 is 0 Å². The first kappa shape index (κ1) is 18.0. The van der Waals surface area contributed by atoms with Crippen LogP contribution in [0.3, 0.4) is 0 Å². The molecule has 2 aromatic rings. The van der Waals surface area contributed by atoms with Crippen LogP contribution in [-0.4, -0.2) is 36.8 Å². The highest BCUT2D eigenvalue weighted by Crippen LogP contribution is 2.48. The molecule has 1 aliphatic rings. The molecule has 8 nitrogen and oxygen atoms in total. The number of hydrogen-bond acceptors (Lipinski definition) is 6. The number of benzene rings is 2. The minimum atomic E-state index is -3.95. The lowest BCUT2D eigenvalue weighted by Crippen LogP contribution is -2.20. The molecule has 9 heteroatoms. The molecular weight excluding hydrogens is 360 g/mol. The highest BCUT2D eigenvalue weighted by atomic mass is 32.2. The molecule has 0 amide bonds. The number of hydrogen-bond donors (Lipinski definition) is 0. The van der Waals surface area contributed by atoms with E-state index in [1.807, 2.05) is 6.92 Å². The van der Waals surface area contributed by atoms with E-state index >= 15 is 0 Å². The Balaban J connectivity index is 2.02. The first-order valence-electron chi connectivity index (χ1n) is 7.70. The molecule has 1 unspecified atom stereocenters. The normalized spacial score (nSPS) is 21.8. The summed E-state index contributed by atoms with van der Waals surface area (Å²) in [6.07, 6.45) is 0. The fourth-order valence-corrected chi connectivity index (χ4v) is 4.55. The molecule has 1 heterocycles. The van der Waals surface area contributed by atoms with E-state index in [0.29, 0.717) is 5.56 Å². The van der Waals surface area contributed by atoms with E-state index < -0.39 is 33.0 Å². The molecule has 1 saturated heterocycles. The molecule has 1 fully saturated rings. The van der Waals surface area contributed by atoms with Gasteiger partial charge in [0.15, 0.2) is 0 Å². The smallest absolute Gasteiger partial charge is 0.326 e. The van der Waals surface area contributed by atoms with E-state index in [1.54, 1.807) is 18.2 Å². The first-order valence-corrected chi connectivity index (χ1v) is 9.14. The monoisotopic (exact) mass is 376 g/mol. The largest absolute Gasteiger partial charge is 0.468 e. The number of nitro groups is 1. The third-order valence-electron chi connectivity index (χ3n) is 4.22. The SMILES string of the molecule is COC(=O)[C@H]1[C@H](c2cccc([N+](=O)[O-])c2)N1S(=O)(=O)c1ccc(C)cc1. The zero-order valence-electron chi connectivity index (χ0n) is 14.0. The van der Waals surface area contributed by atoms with Crippen LogP contribution in [0.2, 0.25) is 0 Å². The minimum Gasteiger partial charge on any atom is -0.468 e. The molecule has 0 N–H and O–H groups in total. The second-order valence-corrected chi connectivity index (χ2v) is 7.76. The highest BCUT2D eigenvalue weighted by Gasteiger charge is 2.61. The summed E-state index contributed by atoms with van der Waals surface area (Å²) in [6.45, 7) is 1.83. The van der Waals surface area contributed by atoms with E-state index in [4.69, 9.17) is 4.74 Å². The number of nitro benzene ring substituents is 1. The van der Waals surface area contributed by atoms with Gasteiger partial charge in [-0.05, 0) is 24.6 Å². The molecule has 0 spiro atoms. The second kappa shape index (κ2) is 6.50. The van der Waals surface area contributed by atoms with Crippen molar-refractivity contribution in [3.05, 3.63) is 69.8 Å². The molecule has 26 heavy (non-hydrogen) atoms. The van der Waals surface area contributed by atoms with Crippen LogP contribution in [0.1, 0.15) is 17.2 Å². The standard InChI is InChI=1S/C17H16N2O6S/c1-11-6-8-14(9-7-11)26(23,24)18-15(16(18)17(20)25-2)12-4-3-5-13(10-12)19(21)22/h3-10,15-16H,1-2H3/t15-,16+,18?/m0/s1. The molecule has 0 aliphatic carbocycles. The predicted molar refractivity (Wildman–Crippen MR) is 91.8 cm³/mol. The number of methoxy groups -OCH3 is 1. The molecule has 3 atom stereocenters. The third kappa shape index (κ3) is 3.06. The molecule has 0 bridgehead atoms. The summed E-state index contributed by atoms with van der Waals surface area (Å²) in [4.78, 5) is 22.5. The van der Waals surface area contributed by atoms with Crippen molar-refractivity contribution in [2.24, 2.45) is 0 Å². The van der Waals surface area contributed by atoms with Crippen LogP contribution in [0.5, 0.6) is 0 Å². The van der Waals surface area contributed by atoms with Gasteiger partial charge >= 0.3 is 5.97 Å². The molecule has 3 rings (SSSR count). The molecule has 1 aliphatic heterocycles. The van der Waals surface area contributed by atoms with Crippen molar-refractivity contribution in [2.45, 2.75) is 23.9 Å². The fraction of sp³-hybridized carbons (Fsp3) is 0.235. The first-order chi connectivity index (χ1) is 12.3. The maximum absolute atomic E-state index is 12.9. The summed E-state index contributed by atoms with van der Waals surface area (Å²) in [5.74, 6) is -0.711. The van der Waals surface area contributed by atoms with Gasteiger partial charge in [0.05, 0.1) is 23.0 Å². The number of aryl methyl sites for hydroxylation is 1. The lowest BCUT2D eigenvalue weighted by molar-refractivity contribution is -0.384. The van der Waals surface area contributed by atoms with E-state index in [9.17, 15) is 23.3 Å². The minimum absolute atomic E-state index is 0.0462. The van der Waals surface area contributed by atoms with Gasteiger partial charge in [0.1, 0.15) is 6.04 Å². The van der Waals surface area contributed by atoms with Crippen molar-refractivity contribution < 1.29 is 22.9 Å². The number of nitrogens with zero attached hydrogens (tertiary/aromatic N) is 2. The van der Waals surface area contributed by atoms with Crippen molar-refractivity contribution in [3.8, 4) is 0 Å². The summed E-state index contributed by atoms with van der Waals surface area (Å²) in [7, 11) is -2.79. The topological polar surface area (TPSA) is 107 Å². The summed E-state index contributed by atoms with van der Waals surface area (Å²) in [6, 6.07) is 9.93. The zero-order chi connectivity index (χ0) is 19.1. The van der Waals surface area contributed by atoms with Crippen molar-refractivity contribution in [2.75, 3.05) is 7.11 Å². The Labute approximate surface area is 150 Å². The molecule has 0 radical (unpaired) electrons. The average Bonchev–Trinajstić information content (AvgIpc) is 3.38. The summed E-state index contributed by atoms with van der Waals surface area (Å²) in [5.41, 5.74) is 1.09. The fourth-order valence-electron chi connectivity index (χ4n) is 2.85. The Morgan fingerprint density at radius 1 is 1.19 bits per heavy atom. The lowest BCUT2D eigenvalue weighted by atomic mass is 10.1. The van der Waals surface area contributed by atoms with Crippen LogP contribution in [0.15, 0.2) is 53.4 Å². The summed E-state index contributed by atoms with van der Waals surface area (Å²) < 4.78 is 31.6. The van der Waals surface area contributed by atoms with Gasteiger partial charge in [-0.1, -0.05) is 29.8 Å². The number of non-ortho nitro benzene ring substituents is 1. The lowest BCUT2D eigenvalue weighted by Gasteiger charge is -2.07. The molecule has 0 saturated carbocycles. The van der Waals surface area contributed by atoms with E-state index in [-0.39, 0.29) is 10.6 Å². The van der Waals surface area contributed by atoms with E-state index in [1.165, 1.54) is 37.4 Å². The Kier molecular flexibility index (Phi) is 4.51. The van der Waals surface area contributed by atoms with Crippen molar-refractivity contribution >= 4 is 21.7 Å². The van der Waals surface area contributed by atoms with Crippen LogP contribution in [-0.2, 0) is 19.6 Å².